The summed E-state index contributed by atoms with van der Waals surface area (Å²) in [7, 11) is 0. The third-order valence-electron chi connectivity index (χ3n) is 3.78. The number of morpholine rings is 1. The van der Waals surface area contributed by atoms with Gasteiger partial charge in [-0.15, -0.1) is 11.3 Å². The highest BCUT2D eigenvalue weighted by Gasteiger charge is 2.29. The monoisotopic (exact) mass is 320 g/mol. The quantitative estimate of drug-likeness (QED) is 0.885. The van der Waals surface area contributed by atoms with Gasteiger partial charge in [-0.2, -0.15) is 0 Å². The number of amides is 1. The Morgan fingerprint density at radius 1 is 1.45 bits per heavy atom. The van der Waals surface area contributed by atoms with Crippen molar-refractivity contribution >= 4 is 22.9 Å². The number of aryl methyl sites for hydroxylation is 1. The van der Waals surface area contributed by atoms with Crippen molar-refractivity contribution in [3.05, 3.63) is 40.8 Å². The average Bonchev–Trinajstić information content (AvgIpc) is 3.01. The Morgan fingerprint density at radius 3 is 2.91 bits per heavy atom. The Kier molecular flexibility index (Phi) is 4.13. The smallest absolute Gasteiger partial charge is 0.250 e. The number of ether oxygens (including phenoxy) is 1. The summed E-state index contributed by atoms with van der Waals surface area (Å²) in [4.78, 5) is 14.4. The molecular formula is C16H17FN2O2S. The lowest BCUT2D eigenvalue weighted by atomic mass is 9.98. The number of primary amides is 1. The number of rotatable bonds is 3. The molecule has 1 saturated heterocycles. The molecule has 22 heavy (non-hydrogen) atoms. The Hall–Kier alpha value is -1.92. The van der Waals surface area contributed by atoms with Crippen LogP contribution in [0.25, 0.3) is 10.4 Å². The second-order valence-electron chi connectivity index (χ2n) is 5.20. The van der Waals surface area contributed by atoms with Crippen molar-refractivity contribution in [1.82, 2.24) is 0 Å². The molecule has 0 aliphatic carbocycles. The molecule has 116 valence electrons. The Morgan fingerprint density at radius 2 is 2.27 bits per heavy atom. The highest BCUT2D eigenvalue weighted by molar-refractivity contribution is 7.13. The standard InChI is InChI=1S/C16H17FN2O2S/c1-10-4-5-11(16(18)20)15(14(10)12-3-2-8-22-12)19-6-7-21-9-13(19)17/h2-5,8,13H,6-7,9H2,1H3,(H2,18,20). The van der Waals surface area contributed by atoms with Gasteiger partial charge in [-0.25, -0.2) is 4.39 Å². The first-order chi connectivity index (χ1) is 10.6. The number of thiophene rings is 1. The predicted octanol–water partition coefficient (Wildman–Crippen LogP) is 2.95. The number of hydrogen-bond acceptors (Lipinski definition) is 4. The Labute approximate surface area is 132 Å². The lowest BCUT2D eigenvalue weighted by Gasteiger charge is -2.35. The minimum Gasteiger partial charge on any atom is -0.375 e. The third kappa shape index (κ3) is 2.60. The molecule has 1 unspecified atom stereocenters. The molecule has 1 aliphatic heterocycles. The van der Waals surface area contributed by atoms with E-state index >= 15 is 0 Å². The summed E-state index contributed by atoms with van der Waals surface area (Å²) in [6.45, 7) is 2.77. The van der Waals surface area contributed by atoms with E-state index in [9.17, 15) is 9.18 Å². The molecule has 2 N–H and O–H groups in total. The van der Waals surface area contributed by atoms with E-state index < -0.39 is 12.2 Å². The molecule has 1 aliphatic rings. The molecule has 4 nitrogen and oxygen atoms in total. The zero-order chi connectivity index (χ0) is 15.7. The van der Waals surface area contributed by atoms with E-state index in [1.807, 2.05) is 30.5 Å². The summed E-state index contributed by atoms with van der Waals surface area (Å²) >= 11 is 1.56. The summed E-state index contributed by atoms with van der Waals surface area (Å²) < 4.78 is 19.5. The number of benzene rings is 1. The molecule has 0 spiro atoms. The van der Waals surface area contributed by atoms with Gasteiger partial charge in [0.1, 0.15) is 0 Å². The largest absolute Gasteiger partial charge is 0.375 e. The van der Waals surface area contributed by atoms with Crippen LogP contribution in [0.3, 0.4) is 0 Å². The van der Waals surface area contributed by atoms with Crippen LogP contribution in [0.15, 0.2) is 29.6 Å². The lowest BCUT2D eigenvalue weighted by Crippen LogP contribution is -2.44. The topological polar surface area (TPSA) is 55.6 Å². The van der Waals surface area contributed by atoms with Gasteiger partial charge >= 0.3 is 0 Å². The number of halogens is 1. The Balaban J connectivity index is 2.24. The van der Waals surface area contributed by atoms with Crippen molar-refractivity contribution in [3.8, 4) is 10.4 Å². The van der Waals surface area contributed by atoms with Gasteiger partial charge < -0.3 is 15.4 Å². The fraction of sp³-hybridized carbons (Fsp3) is 0.312. The van der Waals surface area contributed by atoms with Crippen molar-refractivity contribution in [2.75, 3.05) is 24.7 Å². The SMILES string of the molecule is Cc1ccc(C(N)=O)c(N2CCOCC2F)c1-c1cccs1. The van der Waals surface area contributed by atoms with Gasteiger partial charge in [-0.1, -0.05) is 12.1 Å². The lowest BCUT2D eigenvalue weighted by molar-refractivity contribution is 0.0496. The van der Waals surface area contributed by atoms with Crippen LogP contribution in [-0.2, 0) is 4.74 Å². The summed E-state index contributed by atoms with van der Waals surface area (Å²) in [6.07, 6.45) is -1.28. The highest BCUT2D eigenvalue weighted by atomic mass is 32.1. The summed E-state index contributed by atoms with van der Waals surface area (Å²) in [5.41, 5.74) is 8.30. The number of alkyl halides is 1. The molecule has 3 rings (SSSR count). The molecule has 1 aromatic heterocycles. The number of carbonyl (C=O) groups is 1. The van der Waals surface area contributed by atoms with E-state index in [-0.39, 0.29) is 6.61 Å². The molecule has 2 heterocycles. The number of nitrogens with zero attached hydrogens (tertiary/aromatic N) is 1. The van der Waals surface area contributed by atoms with Crippen LogP contribution in [-0.4, -0.2) is 32.0 Å². The van der Waals surface area contributed by atoms with Crippen molar-refractivity contribution in [1.29, 1.82) is 0 Å². The average molecular weight is 320 g/mol. The maximum absolute atomic E-state index is 14.4. The van der Waals surface area contributed by atoms with Crippen molar-refractivity contribution < 1.29 is 13.9 Å². The Bertz CT molecular complexity index is 688. The van der Waals surface area contributed by atoms with Gasteiger partial charge in [0.05, 0.1) is 24.5 Å². The fourth-order valence-electron chi connectivity index (χ4n) is 2.75. The van der Waals surface area contributed by atoms with Gasteiger partial charge in [-0.3, -0.25) is 4.79 Å². The van der Waals surface area contributed by atoms with E-state index in [4.69, 9.17) is 10.5 Å². The highest BCUT2D eigenvalue weighted by Crippen LogP contribution is 2.40. The minimum atomic E-state index is -1.28. The van der Waals surface area contributed by atoms with E-state index in [2.05, 4.69) is 0 Å². The van der Waals surface area contributed by atoms with Crippen LogP contribution in [0.4, 0.5) is 10.1 Å². The number of anilines is 1. The van der Waals surface area contributed by atoms with Crippen LogP contribution in [0, 0.1) is 6.92 Å². The molecule has 0 saturated carbocycles. The number of nitrogens with two attached hydrogens (primary N) is 1. The predicted molar refractivity (Wildman–Crippen MR) is 86.1 cm³/mol. The minimum absolute atomic E-state index is 0.00394. The van der Waals surface area contributed by atoms with Crippen molar-refractivity contribution in [3.63, 3.8) is 0 Å². The number of carbonyl (C=O) groups excluding carboxylic acids is 1. The van der Waals surface area contributed by atoms with Gasteiger partial charge in [-0.05, 0) is 30.0 Å². The van der Waals surface area contributed by atoms with E-state index in [0.29, 0.717) is 24.4 Å². The maximum Gasteiger partial charge on any atom is 0.250 e. The molecule has 2 aromatic rings. The van der Waals surface area contributed by atoms with Gasteiger partial charge in [0.2, 0.25) is 0 Å². The first-order valence-corrected chi connectivity index (χ1v) is 7.93. The third-order valence-corrected chi connectivity index (χ3v) is 4.66. The summed E-state index contributed by atoms with van der Waals surface area (Å²) in [5, 5.41) is 1.96. The number of hydrogen-bond donors (Lipinski definition) is 1. The first-order valence-electron chi connectivity index (χ1n) is 7.05. The van der Waals surface area contributed by atoms with Gasteiger partial charge in [0, 0.05) is 17.0 Å². The summed E-state index contributed by atoms with van der Waals surface area (Å²) in [5.74, 6) is -0.550. The molecular weight excluding hydrogens is 303 g/mol. The maximum atomic E-state index is 14.4. The second-order valence-corrected chi connectivity index (χ2v) is 6.15. The van der Waals surface area contributed by atoms with Crippen LogP contribution in [0.2, 0.25) is 0 Å². The molecule has 1 amide bonds. The molecule has 1 atom stereocenters. The zero-order valence-electron chi connectivity index (χ0n) is 12.2. The molecule has 0 bridgehead atoms. The van der Waals surface area contributed by atoms with E-state index in [1.54, 1.807) is 22.3 Å². The molecule has 1 aromatic carbocycles. The molecule has 1 fully saturated rings. The van der Waals surface area contributed by atoms with E-state index in [0.717, 1.165) is 16.0 Å². The zero-order valence-corrected chi connectivity index (χ0v) is 13.0. The van der Waals surface area contributed by atoms with Gasteiger partial charge in [0.15, 0.2) is 6.30 Å². The first kappa shape index (κ1) is 15.0. The molecule has 0 radical (unpaired) electrons. The van der Waals surface area contributed by atoms with Crippen LogP contribution in [0.1, 0.15) is 15.9 Å². The van der Waals surface area contributed by atoms with Crippen LogP contribution in [0.5, 0.6) is 0 Å². The summed E-state index contributed by atoms with van der Waals surface area (Å²) in [6, 6.07) is 7.43. The fourth-order valence-corrected chi connectivity index (χ4v) is 3.58. The van der Waals surface area contributed by atoms with E-state index in [1.165, 1.54) is 0 Å². The van der Waals surface area contributed by atoms with Crippen molar-refractivity contribution in [2.45, 2.75) is 13.2 Å². The van der Waals surface area contributed by atoms with Crippen LogP contribution >= 0.6 is 11.3 Å². The molecule has 6 heteroatoms. The van der Waals surface area contributed by atoms with Gasteiger partial charge in [0.25, 0.3) is 5.91 Å². The normalized spacial score (nSPS) is 18.5. The second kappa shape index (κ2) is 6.06. The van der Waals surface area contributed by atoms with Crippen LogP contribution < -0.4 is 10.6 Å². The van der Waals surface area contributed by atoms with Crippen molar-refractivity contribution in [2.24, 2.45) is 5.73 Å².